The highest BCUT2D eigenvalue weighted by molar-refractivity contribution is 6.30. The predicted molar refractivity (Wildman–Crippen MR) is 132 cm³/mol. The summed E-state index contributed by atoms with van der Waals surface area (Å²) in [6.45, 7) is 0.687. The molecule has 3 saturated carbocycles. The standard InChI is InChI=1S/C29H31ClFNO3/c30-21-5-6-23-20(17-21)4-7-24-29(23,18-19-2-1-3-22(31)16-19)14-15-32(24)25(33)27-8-11-28(12-9-27,13-10-27)26(34)35/h1-3,5-6,16-17,24H,4,7-15,18H2,(H,34,35). The third-order valence-electron chi connectivity index (χ3n) is 9.93. The first-order chi connectivity index (χ1) is 16.8. The van der Waals surface area contributed by atoms with Gasteiger partial charge in [0.2, 0.25) is 5.91 Å². The molecule has 1 heterocycles. The summed E-state index contributed by atoms with van der Waals surface area (Å²) in [5, 5.41) is 10.5. The first-order valence-electron chi connectivity index (χ1n) is 12.8. The number of fused-ring (bicyclic) bond motifs is 6. The topological polar surface area (TPSA) is 57.6 Å². The largest absolute Gasteiger partial charge is 0.481 e. The van der Waals surface area contributed by atoms with Crippen LogP contribution in [0.3, 0.4) is 0 Å². The summed E-state index contributed by atoms with van der Waals surface area (Å²) in [5.41, 5.74) is 2.11. The highest BCUT2D eigenvalue weighted by Gasteiger charge is 2.60. The molecule has 1 N–H and O–H groups in total. The summed E-state index contributed by atoms with van der Waals surface area (Å²) in [4.78, 5) is 28.3. The lowest BCUT2D eigenvalue weighted by Crippen LogP contribution is -2.56. The lowest BCUT2D eigenvalue weighted by Gasteiger charge is -2.52. The molecular formula is C29H31ClFNO3. The molecule has 2 bridgehead atoms. The van der Waals surface area contributed by atoms with Gasteiger partial charge < -0.3 is 10.0 Å². The van der Waals surface area contributed by atoms with Gasteiger partial charge in [-0.15, -0.1) is 0 Å². The number of amides is 1. The molecule has 35 heavy (non-hydrogen) atoms. The number of carboxylic acid groups (broad SMARTS) is 1. The summed E-state index contributed by atoms with van der Waals surface area (Å²) < 4.78 is 14.1. The van der Waals surface area contributed by atoms with Gasteiger partial charge in [-0.3, -0.25) is 9.59 Å². The van der Waals surface area contributed by atoms with E-state index in [9.17, 15) is 19.1 Å². The van der Waals surface area contributed by atoms with Crippen LogP contribution in [-0.4, -0.2) is 34.5 Å². The highest BCUT2D eigenvalue weighted by Crippen LogP contribution is 2.59. The Labute approximate surface area is 210 Å². The van der Waals surface area contributed by atoms with Crippen LogP contribution in [-0.2, 0) is 27.8 Å². The van der Waals surface area contributed by atoms with Gasteiger partial charge in [-0.1, -0.05) is 29.8 Å². The molecule has 2 aromatic carbocycles. The normalized spacial score (nSPS) is 33.3. The third kappa shape index (κ3) is 3.45. The number of hydrogen-bond donors (Lipinski definition) is 1. The molecule has 4 nitrogen and oxygen atoms in total. The van der Waals surface area contributed by atoms with Gasteiger partial charge in [0.05, 0.1) is 5.41 Å². The van der Waals surface area contributed by atoms with E-state index in [4.69, 9.17) is 11.6 Å². The Hall–Kier alpha value is -2.40. The summed E-state index contributed by atoms with van der Waals surface area (Å²) >= 11 is 6.35. The Bertz CT molecular complexity index is 1190. The second-order valence-electron chi connectivity index (χ2n) is 11.4. The lowest BCUT2D eigenvalue weighted by molar-refractivity contribution is -0.168. The van der Waals surface area contributed by atoms with Crippen LogP contribution in [0.1, 0.15) is 68.1 Å². The fourth-order valence-corrected chi connectivity index (χ4v) is 8.12. The number of carbonyl (C=O) groups excluding carboxylic acids is 1. The van der Waals surface area contributed by atoms with Crippen molar-refractivity contribution in [3.05, 3.63) is 70.0 Å². The summed E-state index contributed by atoms with van der Waals surface area (Å²) in [6.07, 6.45) is 7.06. The minimum atomic E-state index is -0.698. The maximum Gasteiger partial charge on any atom is 0.309 e. The van der Waals surface area contributed by atoms with E-state index in [2.05, 4.69) is 17.0 Å². The van der Waals surface area contributed by atoms with Crippen LogP contribution in [0.2, 0.25) is 5.02 Å². The predicted octanol–water partition coefficient (Wildman–Crippen LogP) is 5.93. The van der Waals surface area contributed by atoms with Gasteiger partial charge in [0.25, 0.3) is 0 Å². The molecule has 6 heteroatoms. The van der Waals surface area contributed by atoms with Crippen molar-refractivity contribution in [2.75, 3.05) is 6.54 Å². The van der Waals surface area contributed by atoms with Gasteiger partial charge in [-0.25, -0.2) is 4.39 Å². The van der Waals surface area contributed by atoms with Crippen LogP contribution < -0.4 is 0 Å². The van der Waals surface area contributed by atoms with Crippen LogP contribution in [0.4, 0.5) is 4.39 Å². The van der Waals surface area contributed by atoms with Crippen molar-refractivity contribution in [3.8, 4) is 0 Å². The molecule has 1 saturated heterocycles. The molecule has 1 aliphatic heterocycles. The molecule has 4 fully saturated rings. The fourth-order valence-electron chi connectivity index (χ4n) is 7.92. The van der Waals surface area contributed by atoms with E-state index in [0.29, 0.717) is 51.5 Å². The molecule has 1 amide bonds. The lowest BCUT2D eigenvalue weighted by atomic mass is 9.53. The molecule has 2 unspecified atom stereocenters. The number of halogens is 2. The Morgan fingerprint density at radius 1 is 1.00 bits per heavy atom. The number of carbonyl (C=O) groups is 2. The average molecular weight is 496 g/mol. The van der Waals surface area contributed by atoms with Gasteiger partial charge >= 0.3 is 5.97 Å². The molecule has 0 aromatic heterocycles. The van der Waals surface area contributed by atoms with Gasteiger partial charge in [-0.05, 0) is 105 Å². The van der Waals surface area contributed by atoms with Crippen molar-refractivity contribution >= 4 is 23.5 Å². The summed E-state index contributed by atoms with van der Waals surface area (Å²) in [7, 11) is 0. The number of carboxylic acids is 1. The van der Waals surface area contributed by atoms with Crippen LogP contribution in [0.15, 0.2) is 42.5 Å². The second kappa shape index (κ2) is 8.06. The molecule has 5 aliphatic rings. The van der Waals surface area contributed by atoms with Crippen LogP contribution in [0.5, 0.6) is 0 Å². The van der Waals surface area contributed by atoms with Crippen molar-refractivity contribution in [2.45, 2.75) is 75.7 Å². The molecular weight excluding hydrogens is 465 g/mol. The van der Waals surface area contributed by atoms with E-state index in [-0.39, 0.29) is 23.2 Å². The molecule has 7 rings (SSSR count). The molecule has 4 aliphatic carbocycles. The molecule has 2 aromatic rings. The van der Waals surface area contributed by atoms with Gasteiger partial charge in [0.1, 0.15) is 5.82 Å². The van der Waals surface area contributed by atoms with E-state index in [1.54, 1.807) is 12.1 Å². The highest BCUT2D eigenvalue weighted by atomic mass is 35.5. The van der Waals surface area contributed by atoms with Crippen molar-refractivity contribution in [1.82, 2.24) is 4.90 Å². The van der Waals surface area contributed by atoms with Crippen molar-refractivity contribution in [2.24, 2.45) is 10.8 Å². The third-order valence-corrected chi connectivity index (χ3v) is 10.2. The van der Waals surface area contributed by atoms with E-state index >= 15 is 0 Å². The van der Waals surface area contributed by atoms with Crippen molar-refractivity contribution in [1.29, 1.82) is 0 Å². The average Bonchev–Trinajstić information content (AvgIpc) is 3.23. The Kier molecular flexibility index (Phi) is 5.30. The van der Waals surface area contributed by atoms with Crippen molar-refractivity contribution < 1.29 is 19.1 Å². The van der Waals surface area contributed by atoms with E-state index < -0.39 is 16.8 Å². The zero-order valence-corrected chi connectivity index (χ0v) is 20.6. The maximum absolute atomic E-state index is 14.2. The molecule has 0 spiro atoms. The maximum atomic E-state index is 14.2. The number of benzene rings is 2. The van der Waals surface area contributed by atoms with Crippen LogP contribution >= 0.6 is 11.6 Å². The smallest absolute Gasteiger partial charge is 0.309 e. The van der Waals surface area contributed by atoms with Crippen LogP contribution in [0, 0.1) is 16.6 Å². The number of likely N-dealkylation sites (tertiary alicyclic amines) is 1. The first-order valence-corrected chi connectivity index (χ1v) is 13.2. The Morgan fingerprint density at radius 2 is 1.71 bits per heavy atom. The van der Waals surface area contributed by atoms with Crippen LogP contribution in [0.25, 0.3) is 0 Å². The minimum absolute atomic E-state index is 0.0504. The molecule has 2 atom stereocenters. The first kappa shape index (κ1) is 23.0. The van der Waals surface area contributed by atoms with E-state index in [0.717, 1.165) is 29.8 Å². The van der Waals surface area contributed by atoms with Gasteiger partial charge in [0.15, 0.2) is 0 Å². The second-order valence-corrected chi connectivity index (χ2v) is 11.9. The van der Waals surface area contributed by atoms with Gasteiger partial charge in [0, 0.05) is 28.4 Å². The minimum Gasteiger partial charge on any atom is -0.481 e. The summed E-state index contributed by atoms with van der Waals surface area (Å²) in [5.74, 6) is -0.713. The SMILES string of the molecule is O=C(O)C12CCC(C(=O)N3CCC4(Cc5cccc(F)c5)c5ccc(Cl)cc5CCC34)(CC1)CC2. The van der Waals surface area contributed by atoms with Crippen molar-refractivity contribution in [3.63, 3.8) is 0 Å². The van der Waals surface area contributed by atoms with E-state index in [1.807, 2.05) is 12.1 Å². The summed E-state index contributed by atoms with van der Waals surface area (Å²) in [6, 6.07) is 13.0. The number of rotatable bonds is 4. The molecule has 184 valence electrons. The monoisotopic (exact) mass is 495 g/mol. The molecule has 0 radical (unpaired) electrons. The zero-order chi connectivity index (χ0) is 24.4. The number of aliphatic carboxylic acids is 1. The fraction of sp³-hybridized carbons (Fsp3) is 0.517. The van der Waals surface area contributed by atoms with E-state index in [1.165, 1.54) is 17.2 Å². The van der Waals surface area contributed by atoms with Gasteiger partial charge in [-0.2, -0.15) is 0 Å². The zero-order valence-electron chi connectivity index (χ0n) is 19.9. The number of aryl methyl sites for hydroxylation is 1. The quantitative estimate of drug-likeness (QED) is 0.571. The number of hydrogen-bond acceptors (Lipinski definition) is 2. The number of nitrogens with zero attached hydrogens (tertiary/aromatic N) is 1. The Morgan fingerprint density at radius 3 is 2.40 bits per heavy atom. The Balaban J connectivity index is 1.35.